The van der Waals surface area contributed by atoms with E-state index >= 15 is 0 Å². The highest BCUT2D eigenvalue weighted by Gasteiger charge is 2.52. The van der Waals surface area contributed by atoms with Gasteiger partial charge >= 0.3 is 6.03 Å². The Balaban J connectivity index is 2.04. The Bertz CT molecular complexity index is 425. The lowest BCUT2D eigenvalue weighted by Gasteiger charge is -2.33. The topological polar surface area (TPSA) is 78.5 Å². The van der Waals surface area contributed by atoms with Gasteiger partial charge in [0.15, 0.2) is 0 Å². The van der Waals surface area contributed by atoms with Crippen molar-refractivity contribution in [3.05, 3.63) is 0 Å². The van der Waals surface area contributed by atoms with Crippen LogP contribution in [0, 0.1) is 11.8 Å². The molecule has 1 heterocycles. The van der Waals surface area contributed by atoms with E-state index in [-0.39, 0.29) is 17.7 Å². The fourth-order valence-corrected chi connectivity index (χ4v) is 2.86. The molecule has 4 amide bonds. The summed E-state index contributed by atoms with van der Waals surface area (Å²) < 4.78 is 0. The van der Waals surface area contributed by atoms with Gasteiger partial charge in [-0.05, 0) is 37.5 Å². The molecule has 2 N–H and O–H groups in total. The molecule has 0 atom stereocenters. The van der Waals surface area contributed by atoms with Gasteiger partial charge < -0.3 is 5.32 Å². The van der Waals surface area contributed by atoms with E-state index in [1.54, 1.807) is 0 Å². The van der Waals surface area contributed by atoms with Crippen molar-refractivity contribution < 1.29 is 14.4 Å². The summed E-state index contributed by atoms with van der Waals surface area (Å²) in [7, 11) is 0. The monoisotopic (exact) mass is 281 g/mol. The molecular weight excluding hydrogens is 258 g/mol. The number of nitrogens with zero attached hydrogens (tertiary/aromatic N) is 1. The van der Waals surface area contributed by atoms with Gasteiger partial charge in [0, 0.05) is 6.42 Å². The number of amides is 4. The molecule has 6 nitrogen and oxygen atoms in total. The van der Waals surface area contributed by atoms with E-state index in [1.165, 1.54) is 0 Å². The van der Waals surface area contributed by atoms with E-state index in [4.69, 9.17) is 0 Å². The second-order valence-corrected chi connectivity index (χ2v) is 6.47. The second-order valence-electron chi connectivity index (χ2n) is 6.47. The van der Waals surface area contributed by atoms with Gasteiger partial charge in [-0.1, -0.05) is 20.8 Å². The summed E-state index contributed by atoms with van der Waals surface area (Å²) >= 11 is 0. The highest BCUT2D eigenvalue weighted by molar-refractivity contribution is 6.08. The Labute approximate surface area is 119 Å². The standard InChI is InChI=1S/C14H23N3O3/c1-9(2)8-11(18)16-17-12(19)14(15-13(17)20)6-4-10(3)5-7-14/h9-10H,4-8H2,1-3H3,(H,15,20)(H,16,18). The largest absolute Gasteiger partial charge is 0.344 e. The predicted octanol–water partition coefficient (Wildman–Crippen LogP) is 1.56. The molecule has 0 aromatic heterocycles. The third-order valence-electron chi connectivity index (χ3n) is 4.12. The van der Waals surface area contributed by atoms with Gasteiger partial charge in [-0.2, -0.15) is 5.01 Å². The molecule has 1 saturated carbocycles. The first-order chi connectivity index (χ1) is 9.34. The summed E-state index contributed by atoms with van der Waals surface area (Å²) in [6.07, 6.45) is 3.42. The van der Waals surface area contributed by atoms with Crippen LogP contribution in [0.5, 0.6) is 0 Å². The maximum Gasteiger partial charge on any atom is 0.344 e. The molecule has 6 heteroatoms. The van der Waals surface area contributed by atoms with Gasteiger partial charge in [0.1, 0.15) is 5.54 Å². The van der Waals surface area contributed by atoms with E-state index in [0.29, 0.717) is 25.2 Å². The molecule has 0 unspecified atom stereocenters. The summed E-state index contributed by atoms with van der Waals surface area (Å²) in [5.74, 6) is 0.145. The molecular formula is C14H23N3O3. The van der Waals surface area contributed by atoms with E-state index in [0.717, 1.165) is 17.9 Å². The second kappa shape index (κ2) is 5.42. The van der Waals surface area contributed by atoms with Crippen LogP contribution in [0.15, 0.2) is 0 Å². The third kappa shape index (κ3) is 2.78. The Kier molecular flexibility index (Phi) is 4.01. The average molecular weight is 281 g/mol. The summed E-state index contributed by atoms with van der Waals surface area (Å²) in [5, 5.41) is 3.63. The lowest BCUT2D eigenvalue weighted by molar-refractivity contribution is -0.140. The van der Waals surface area contributed by atoms with Crippen molar-refractivity contribution in [3.8, 4) is 0 Å². The molecule has 0 bridgehead atoms. The maximum absolute atomic E-state index is 12.4. The summed E-state index contributed by atoms with van der Waals surface area (Å²) in [6.45, 7) is 5.97. The Hall–Kier alpha value is -1.59. The zero-order chi connectivity index (χ0) is 14.9. The number of hydrogen-bond acceptors (Lipinski definition) is 3. The summed E-state index contributed by atoms with van der Waals surface area (Å²) in [5.41, 5.74) is 1.63. The third-order valence-corrected chi connectivity index (χ3v) is 4.12. The number of urea groups is 1. The lowest BCUT2D eigenvalue weighted by Crippen LogP contribution is -2.51. The lowest BCUT2D eigenvalue weighted by atomic mass is 9.77. The molecule has 1 aliphatic carbocycles. The van der Waals surface area contributed by atoms with Crippen LogP contribution in [-0.2, 0) is 9.59 Å². The minimum atomic E-state index is -0.797. The fraction of sp³-hybridized carbons (Fsp3) is 0.786. The van der Waals surface area contributed by atoms with Crippen LogP contribution in [0.4, 0.5) is 4.79 Å². The molecule has 0 aromatic rings. The quantitative estimate of drug-likeness (QED) is 0.771. The molecule has 2 fully saturated rings. The van der Waals surface area contributed by atoms with E-state index in [1.807, 2.05) is 13.8 Å². The van der Waals surface area contributed by atoms with Crippen molar-refractivity contribution in [2.75, 3.05) is 0 Å². The average Bonchev–Trinajstić information content (AvgIpc) is 2.57. The minimum absolute atomic E-state index is 0.181. The van der Waals surface area contributed by atoms with Crippen LogP contribution in [0.3, 0.4) is 0 Å². The molecule has 112 valence electrons. The molecule has 20 heavy (non-hydrogen) atoms. The van der Waals surface area contributed by atoms with Crippen molar-refractivity contribution in [1.82, 2.24) is 15.8 Å². The molecule has 1 saturated heterocycles. The molecule has 1 aliphatic heterocycles. The van der Waals surface area contributed by atoms with Gasteiger partial charge in [-0.3, -0.25) is 15.0 Å². The number of imide groups is 1. The minimum Gasteiger partial charge on any atom is -0.322 e. The Morgan fingerprint density at radius 3 is 2.55 bits per heavy atom. The molecule has 2 rings (SSSR count). The van der Waals surface area contributed by atoms with Gasteiger partial charge in [-0.25, -0.2) is 4.79 Å². The van der Waals surface area contributed by atoms with Gasteiger partial charge in [0.2, 0.25) is 5.91 Å². The summed E-state index contributed by atoms with van der Waals surface area (Å²) in [6, 6.07) is -0.512. The van der Waals surface area contributed by atoms with Crippen LogP contribution in [0.1, 0.15) is 52.9 Å². The predicted molar refractivity (Wildman–Crippen MR) is 73.3 cm³/mol. The fourth-order valence-electron chi connectivity index (χ4n) is 2.86. The molecule has 1 spiro atoms. The number of carbonyl (C=O) groups excluding carboxylic acids is 3. The Morgan fingerprint density at radius 2 is 2.00 bits per heavy atom. The van der Waals surface area contributed by atoms with Crippen molar-refractivity contribution in [2.45, 2.75) is 58.4 Å². The van der Waals surface area contributed by atoms with Crippen molar-refractivity contribution >= 4 is 17.8 Å². The summed E-state index contributed by atoms with van der Waals surface area (Å²) in [4.78, 5) is 36.1. The first-order valence-corrected chi connectivity index (χ1v) is 7.30. The number of hydrazine groups is 1. The van der Waals surface area contributed by atoms with Crippen LogP contribution in [-0.4, -0.2) is 28.4 Å². The van der Waals surface area contributed by atoms with Crippen molar-refractivity contribution in [2.24, 2.45) is 11.8 Å². The zero-order valence-corrected chi connectivity index (χ0v) is 12.4. The van der Waals surface area contributed by atoms with Crippen LogP contribution < -0.4 is 10.7 Å². The number of nitrogens with one attached hydrogen (secondary N) is 2. The van der Waals surface area contributed by atoms with E-state index < -0.39 is 11.6 Å². The van der Waals surface area contributed by atoms with Crippen LogP contribution in [0.25, 0.3) is 0 Å². The maximum atomic E-state index is 12.4. The molecule has 0 radical (unpaired) electrons. The van der Waals surface area contributed by atoms with Crippen LogP contribution >= 0.6 is 0 Å². The van der Waals surface area contributed by atoms with Gasteiger partial charge in [0.05, 0.1) is 0 Å². The number of rotatable bonds is 3. The first-order valence-electron chi connectivity index (χ1n) is 7.30. The highest BCUT2D eigenvalue weighted by Crippen LogP contribution is 2.35. The van der Waals surface area contributed by atoms with Crippen molar-refractivity contribution in [3.63, 3.8) is 0 Å². The zero-order valence-electron chi connectivity index (χ0n) is 12.4. The van der Waals surface area contributed by atoms with Crippen molar-refractivity contribution in [1.29, 1.82) is 0 Å². The highest BCUT2D eigenvalue weighted by atomic mass is 16.2. The normalized spacial score (nSPS) is 30.0. The number of carbonyl (C=O) groups is 3. The number of hydrogen-bond donors (Lipinski definition) is 2. The molecule has 0 aromatic carbocycles. The smallest absolute Gasteiger partial charge is 0.322 e. The SMILES string of the molecule is CC(C)CC(=O)NN1C(=O)NC2(CCC(C)CC2)C1=O. The van der Waals surface area contributed by atoms with E-state index in [2.05, 4.69) is 17.7 Å². The van der Waals surface area contributed by atoms with Gasteiger partial charge in [-0.15, -0.1) is 0 Å². The van der Waals surface area contributed by atoms with Crippen LogP contribution in [0.2, 0.25) is 0 Å². The first kappa shape index (κ1) is 14.8. The van der Waals surface area contributed by atoms with Gasteiger partial charge in [0.25, 0.3) is 5.91 Å². The molecule has 2 aliphatic rings. The van der Waals surface area contributed by atoms with E-state index in [9.17, 15) is 14.4 Å². The Morgan fingerprint density at radius 1 is 1.40 bits per heavy atom.